The lowest BCUT2D eigenvalue weighted by Crippen LogP contribution is -2.07. The number of rotatable bonds is 2. The summed E-state index contributed by atoms with van der Waals surface area (Å²) in [7, 11) is 0. The quantitative estimate of drug-likeness (QED) is 0.842. The molecule has 2 rings (SSSR count). The minimum atomic E-state index is -0.190. The fourth-order valence-electron chi connectivity index (χ4n) is 1.33. The zero-order valence-corrected chi connectivity index (χ0v) is 8.66. The standard InChI is InChI=1S/C11H9ClN2O/c12-9-3-1-2-8(6-9)7-10-4-5-11(15)14-13-10/h1-6H,7H2,(H,14,15). The molecule has 1 aromatic heterocycles. The predicted molar refractivity (Wildman–Crippen MR) is 59.1 cm³/mol. The molecule has 0 aliphatic carbocycles. The Labute approximate surface area is 91.7 Å². The Hall–Kier alpha value is -1.61. The van der Waals surface area contributed by atoms with Gasteiger partial charge < -0.3 is 0 Å². The SMILES string of the molecule is O=c1ccc(Cc2cccc(Cl)c2)n[nH]1. The second kappa shape index (κ2) is 4.28. The first-order chi connectivity index (χ1) is 7.24. The number of aromatic amines is 1. The van der Waals surface area contributed by atoms with Gasteiger partial charge in [-0.15, -0.1) is 0 Å². The molecule has 76 valence electrons. The highest BCUT2D eigenvalue weighted by molar-refractivity contribution is 6.30. The maximum absolute atomic E-state index is 10.8. The maximum atomic E-state index is 10.8. The summed E-state index contributed by atoms with van der Waals surface area (Å²) >= 11 is 5.86. The molecular weight excluding hydrogens is 212 g/mol. The molecule has 1 aromatic carbocycles. The Morgan fingerprint density at radius 1 is 1.27 bits per heavy atom. The summed E-state index contributed by atoms with van der Waals surface area (Å²) < 4.78 is 0. The molecule has 1 heterocycles. The molecule has 1 N–H and O–H groups in total. The highest BCUT2D eigenvalue weighted by Gasteiger charge is 1.98. The zero-order valence-electron chi connectivity index (χ0n) is 7.90. The van der Waals surface area contributed by atoms with Gasteiger partial charge in [-0.05, 0) is 23.8 Å². The summed E-state index contributed by atoms with van der Waals surface area (Å²) in [5, 5.41) is 7.02. The van der Waals surface area contributed by atoms with Crippen LogP contribution in [0.1, 0.15) is 11.3 Å². The van der Waals surface area contributed by atoms with Crippen LogP contribution in [-0.2, 0) is 6.42 Å². The summed E-state index contributed by atoms with van der Waals surface area (Å²) in [6, 6.07) is 10.7. The molecule has 0 amide bonds. The van der Waals surface area contributed by atoms with Crippen molar-refractivity contribution in [1.29, 1.82) is 0 Å². The maximum Gasteiger partial charge on any atom is 0.264 e. The van der Waals surface area contributed by atoms with Gasteiger partial charge in [-0.3, -0.25) is 4.79 Å². The van der Waals surface area contributed by atoms with Crippen LogP contribution in [0.15, 0.2) is 41.2 Å². The van der Waals surface area contributed by atoms with Crippen molar-refractivity contribution in [3.63, 3.8) is 0 Å². The zero-order chi connectivity index (χ0) is 10.7. The van der Waals surface area contributed by atoms with Crippen LogP contribution in [0.2, 0.25) is 5.02 Å². The highest BCUT2D eigenvalue weighted by atomic mass is 35.5. The van der Waals surface area contributed by atoms with E-state index in [1.54, 1.807) is 6.07 Å². The number of benzene rings is 1. The largest absolute Gasteiger partial charge is 0.268 e. The van der Waals surface area contributed by atoms with Crippen molar-refractivity contribution in [3.05, 3.63) is 63.0 Å². The number of H-pyrrole nitrogens is 1. The van der Waals surface area contributed by atoms with Gasteiger partial charge in [0.25, 0.3) is 5.56 Å². The van der Waals surface area contributed by atoms with E-state index in [1.807, 2.05) is 24.3 Å². The van der Waals surface area contributed by atoms with E-state index in [-0.39, 0.29) is 5.56 Å². The fourth-order valence-corrected chi connectivity index (χ4v) is 1.54. The van der Waals surface area contributed by atoms with Crippen LogP contribution < -0.4 is 5.56 Å². The van der Waals surface area contributed by atoms with Gasteiger partial charge in [-0.25, -0.2) is 5.10 Å². The summed E-state index contributed by atoms with van der Waals surface area (Å²) in [5.41, 5.74) is 1.70. The van der Waals surface area contributed by atoms with E-state index in [1.165, 1.54) is 6.07 Å². The molecule has 0 fully saturated rings. The van der Waals surface area contributed by atoms with Crippen molar-refractivity contribution in [2.45, 2.75) is 6.42 Å². The van der Waals surface area contributed by atoms with Gasteiger partial charge in [0.05, 0.1) is 5.69 Å². The minimum Gasteiger partial charge on any atom is -0.268 e. The van der Waals surface area contributed by atoms with Crippen LogP contribution in [0.4, 0.5) is 0 Å². The molecule has 3 nitrogen and oxygen atoms in total. The average Bonchev–Trinajstić information content (AvgIpc) is 2.22. The Kier molecular flexibility index (Phi) is 2.83. The van der Waals surface area contributed by atoms with Gasteiger partial charge in [0.15, 0.2) is 0 Å². The van der Waals surface area contributed by atoms with Gasteiger partial charge in [-0.1, -0.05) is 23.7 Å². The van der Waals surface area contributed by atoms with E-state index in [0.717, 1.165) is 11.3 Å². The van der Waals surface area contributed by atoms with Crippen LogP contribution in [-0.4, -0.2) is 10.2 Å². The second-order valence-electron chi connectivity index (χ2n) is 3.22. The molecule has 0 atom stereocenters. The van der Waals surface area contributed by atoms with Crippen LogP contribution in [0.5, 0.6) is 0 Å². The van der Waals surface area contributed by atoms with Crippen LogP contribution in [0.3, 0.4) is 0 Å². The first-order valence-electron chi connectivity index (χ1n) is 4.53. The number of aromatic nitrogens is 2. The lowest BCUT2D eigenvalue weighted by Gasteiger charge is -2.00. The van der Waals surface area contributed by atoms with E-state index in [2.05, 4.69) is 10.2 Å². The number of hydrogen-bond acceptors (Lipinski definition) is 2. The monoisotopic (exact) mass is 220 g/mol. The molecule has 0 saturated heterocycles. The molecule has 2 aromatic rings. The van der Waals surface area contributed by atoms with Crippen LogP contribution in [0, 0.1) is 0 Å². The number of nitrogens with one attached hydrogen (secondary N) is 1. The third-order valence-corrected chi connectivity index (χ3v) is 2.25. The van der Waals surface area contributed by atoms with Gasteiger partial charge in [0.1, 0.15) is 0 Å². The third-order valence-electron chi connectivity index (χ3n) is 2.01. The number of nitrogens with zero attached hydrogens (tertiary/aromatic N) is 1. The summed E-state index contributed by atoms with van der Waals surface area (Å²) in [4.78, 5) is 10.8. The van der Waals surface area contributed by atoms with E-state index < -0.39 is 0 Å². The Balaban J connectivity index is 2.22. The Morgan fingerprint density at radius 3 is 2.80 bits per heavy atom. The minimum absolute atomic E-state index is 0.190. The van der Waals surface area contributed by atoms with Crippen molar-refractivity contribution in [1.82, 2.24) is 10.2 Å². The molecule has 4 heteroatoms. The molecule has 0 radical (unpaired) electrons. The van der Waals surface area contributed by atoms with Gasteiger partial charge >= 0.3 is 0 Å². The van der Waals surface area contributed by atoms with E-state index in [9.17, 15) is 4.79 Å². The smallest absolute Gasteiger partial charge is 0.264 e. The number of hydrogen-bond donors (Lipinski definition) is 1. The molecule has 0 bridgehead atoms. The molecule has 0 unspecified atom stereocenters. The second-order valence-corrected chi connectivity index (χ2v) is 3.66. The lowest BCUT2D eigenvalue weighted by atomic mass is 10.1. The molecule has 0 spiro atoms. The lowest BCUT2D eigenvalue weighted by molar-refractivity contribution is 0.910. The van der Waals surface area contributed by atoms with Crippen LogP contribution in [0.25, 0.3) is 0 Å². The molecular formula is C11H9ClN2O. The van der Waals surface area contributed by atoms with Crippen molar-refractivity contribution in [2.24, 2.45) is 0 Å². The molecule has 0 aliphatic rings. The van der Waals surface area contributed by atoms with Gasteiger partial charge in [-0.2, -0.15) is 5.10 Å². The summed E-state index contributed by atoms with van der Waals surface area (Å²) in [6.45, 7) is 0. The Bertz CT molecular complexity index is 501. The Morgan fingerprint density at radius 2 is 2.13 bits per heavy atom. The van der Waals surface area contributed by atoms with E-state index in [0.29, 0.717) is 11.4 Å². The first kappa shape index (κ1) is 9.93. The highest BCUT2D eigenvalue weighted by Crippen LogP contribution is 2.12. The predicted octanol–water partition coefficient (Wildman–Crippen LogP) is 2.01. The van der Waals surface area contributed by atoms with E-state index >= 15 is 0 Å². The van der Waals surface area contributed by atoms with Crippen molar-refractivity contribution in [2.75, 3.05) is 0 Å². The van der Waals surface area contributed by atoms with Gasteiger partial charge in [0, 0.05) is 17.5 Å². The molecule has 0 saturated carbocycles. The van der Waals surface area contributed by atoms with Crippen molar-refractivity contribution >= 4 is 11.6 Å². The van der Waals surface area contributed by atoms with Crippen molar-refractivity contribution in [3.8, 4) is 0 Å². The number of halogens is 1. The van der Waals surface area contributed by atoms with E-state index in [4.69, 9.17) is 11.6 Å². The van der Waals surface area contributed by atoms with Crippen LogP contribution >= 0.6 is 11.6 Å². The molecule has 0 aliphatic heterocycles. The summed E-state index contributed by atoms with van der Waals surface area (Å²) in [6.07, 6.45) is 0.664. The van der Waals surface area contributed by atoms with Crippen molar-refractivity contribution < 1.29 is 0 Å². The normalized spacial score (nSPS) is 10.2. The fraction of sp³-hybridized carbons (Fsp3) is 0.0909. The summed E-state index contributed by atoms with van der Waals surface area (Å²) in [5.74, 6) is 0. The molecule has 15 heavy (non-hydrogen) atoms. The topological polar surface area (TPSA) is 45.8 Å². The third kappa shape index (κ3) is 2.67. The first-order valence-corrected chi connectivity index (χ1v) is 4.91. The van der Waals surface area contributed by atoms with Gasteiger partial charge in [0.2, 0.25) is 0 Å². The average molecular weight is 221 g/mol.